The molecule has 1 atom stereocenters. The number of likely N-dealkylation sites (tertiary alicyclic amines) is 1. The first kappa shape index (κ1) is 21.3. The highest BCUT2D eigenvalue weighted by Gasteiger charge is 2.33. The molecule has 29 heavy (non-hydrogen) atoms. The second-order valence-corrected chi connectivity index (χ2v) is 11.8. The van der Waals surface area contributed by atoms with Crippen molar-refractivity contribution in [1.29, 1.82) is 0 Å². The lowest BCUT2D eigenvalue weighted by Gasteiger charge is -2.27. The second kappa shape index (κ2) is 9.06. The Hall–Kier alpha value is -0.920. The number of hydrogen-bond donors (Lipinski definition) is 0. The van der Waals surface area contributed by atoms with E-state index >= 15 is 0 Å². The van der Waals surface area contributed by atoms with E-state index in [2.05, 4.69) is 33.4 Å². The fourth-order valence-electron chi connectivity index (χ4n) is 5.17. The Morgan fingerprint density at radius 3 is 2.48 bits per heavy atom. The summed E-state index contributed by atoms with van der Waals surface area (Å²) in [5.74, 6) is 1.21. The van der Waals surface area contributed by atoms with Gasteiger partial charge in [0, 0.05) is 25.7 Å². The lowest BCUT2D eigenvalue weighted by atomic mass is 9.89. The lowest BCUT2D eigenvalue weighted by Crippen LogP contribution is -2.36. The van der Waals surface area contributed by atoms with Gasteiger partial charge in [-0.25, -0.2) is 13.4 Å². The molecular formula is C22H38N4O2S. The Bertz CT molecular complexity index is 781. The number of aromatic nitrogens is 2. The van der Waals surface area contributed by atoms with E-state index in [1.807, 2.05) is 6.20 Å². The van der Waals surface area contributed by atoms with Gasteiger partial charge in [-0.3, -0.25) is 4.90 Å². The molecule has 2 aliphatic carbocycles. The molecule has 1 aromatic rings. The molecule has 1 aromatic heterocycles. The van der Waals surface area contributed by atoms with E-state index in [1.165, 1.54) is 51.5 Å². The van der Waals surface area contributed by atoms with Crippen LogP contribution in [0.4, 0.5) is 0 Å². The van der Waals surface area contributed by atoms with Gasteiger partial charge in [-0.15, -0.1) is 0 Å². The van der Waals surface area contributed by atoms with Crippen molar-refractivity contribution < 1.29 is 8.42 Å². The Labute approximate surface area is 176 Å². The Morgan fingerprint density at radius 1 is 1.07 bits per heavy atom. The molecule has 3 aliphatic rings. The smallest absolute Gasteiger partial charge is 0.227 e. The van der Waals surface area contributed by atoms with Gasteiger partial charge in [-0.2, -0.15) is 0 Å². The predicted octanol–water partition coefficient (Wildman–Crippen LogP) is 3.17. The third-order valence-electron chi connectivity index (χ3n) is 7.12. The quantitative estimate of drug-likeness (QED) is 0.612. The summed E-state index contributed by atoms with van der Waals surface area (Å²) in [5, 5.41) is 0.330. The second-order valence-electron chi connectivity index (χ2n) is 9.84. The zero-order chi connectivity index (χ0) is 20.4. The average Bonchev–Trinajstić information content (AvgIpc) is 3.26. The maximum Gasteiger partial charge on any atom is 0.227 e. The van der Waals surface area contributed by atoms with Gasteiger partial charge in [-0.05, 0) is 71.0 Å². The van der Waals surface area contributed by atoms with Crippen LogP contribution in [-0.2, 0) is 22.9 Å². The van der Waals surface area contributed by atoms with Crippen molar-refractivity contribution in [2.24, 2.45) is 11.8 Å². The van der Waals surface area contributed by atoms with Crippen LogP contribution in [0.3, 0.4) is 0 Å². The molecule has 6 nitrogen and oxygen atoms in total. The number of rotatable bonds is 9. The first-order valence-electron chi connectivity index (χ1n) is 11.6. The van der Waals surface area contributed by atoms with E-state index in [0.717, 1.165) is 38.2 Å². The van der Waals surface area contributed by atoms with Gasteiger partial charge < -0.3 is 9.47 Å². The lowest BCUT2D eigenvalue weighted by molar-refractivity contribution is 0.210. The fraction of sp³-hybridized carbons (Fsp3) is 0.864. The van der Waals surface area contributed by atoms with Crippen LogP contribution >= 0.6 is 0 Å². The summed E-state index contributed by atoms with van der Waals surface area (Å²) in [7, 11) is 1.07. The van der Waals surface area contributed by atoms with Gasteiger partial charge in [0.1, 0.15) is 0 Å². The molecule has 0 bridgehead atoms. The summed E-state index contributed by atoms with van der Waals surface area (Å²) in [4.78, 5) is 9.26. The van der Waals surface area contributed by atoms with Crippen LogP contribution in [0, 0.1) is 11.8 Å². The number of sulfone groups is 1. The maximum absolute atomic E-state index is 13.1. The highest BCUT2D eigenvalue weighted by atomic mass is 32.2. The van der Waals surface area contributed by atoms with Crippen molar-refractivity contribution in [3.05, 3.63) is 11.9 Å². The van der Waals surface area contributed by atoms with E-state index in [4.69, 9.17) is 0 Å². The fourth-order valence-corrected chi connectivity index (χ4v) is 7.01. The minimum atomic E-state index is -3.30. The zero-order valence-corrected chi connectivity index (χ0v) is 19.0. The van der Waals surface area contributed by atoms with Crippen molar-refractivity contribution in [2.75, 3.05) is 32.9 Å². The van der Waals surface area contributed by atoms with Gasteiger partial charge in [0.2, 0.25) is 15.0 Å². The van der Waals surface area contributed by atoms with Crippen LogP contribution < -0.4 is 0 Å². The molecule has 2 saturated carbocycles. The molecular weight excluding hydrogens is 384 g/mol. The molecule has 0 radical (unpaired) electrons. The Morgan fingerprint density at radius 2 is 1.83 bits per heavy atom. The Kier molecular flexibility index (Phi) is 6.66. The Balaban J connectivity index is 1.51. The first-order valence-corrected chi connectivity index (χ1v) is 13.2. The summed E-state index contributed by atoms with van der Waals surface area (Å²) in [6, 6.07) is 0.604. The first-order chi connectivity index (χ1) is 13.9. The minimum Gasteiger partial charge on any atom is -0.317 e. The van der Waals surface area contributed by atoms with Crippen molar-refractivity contribution in [3.63, 3.8) is 0 Å². The molecule has 4 rings (SSSR count). The van der Waals surface area contributed by atoms with Crippen LogP contribution in [0.25, 0.3) is 0 Å². The van der Waals surface area contributed by atoms with Crippen LogP contribution in [0.1, 0.15) is 63.5 Å². The molecule has 3 fully saturated rings. The molecule has 0 N–H and O–H groups in total. The maximum atomic E-state index is 13.1. The largest absolute Gasteiger partial charge is 0.317 e. The summed E-state index contributed by atoms with van der Waals surface area (Å²) in [6.45, 7) is 3.78. The van der Waals surface area contributed by atoms with Crippen molar-refractivity contribution in [1.82, 2.24) is 19.4 Å². The number of nitrogens with zero attached hydrogens (tertiary/aromatic N) is 4. The topological polar surface area (TPSA) is 58.4 Å². The normalized spacial score (nSPS) is 24.6. The zero-order valence-electron chi connectivity index (χ0n) is 18.2. The van der Waals surface area contributed by atoms with Gasteiger partial charge in [0.25, 0.3) is 0 Å². The van der Waals surface area contributed by atoms with Crippen LogP contribution in [0.5, 0.6) is 0 Å². The molecule has 1 saturated heterocycles. The van der Waals surface area contributed by atoms with E-state index in [9.17, 15) is 8.42 Å². The molecule has 164 valence electrons. The van der Waals surface area contributed by atoms with Crippen LogP contribution in [-0.4, -0.2) is 66.7 Å². The summed E-state index contributed by atoms with van der Waals surface area (Å²) >= 11 is 0. The SMILES string of the molecule is CN(Cc1cnc(S(=O)(=O)CC2CC2)n1CC1CCCCC1)C[C@H]1CCCN1C. The van der Waals surface area contributed by atoms with Gasteiger partial charge in [-0.1, -0.05) is 19.3 Å². The van der Waals surface area contributed by atoms with Crippen molar-refractivity contribution in [2.45, 2.75) is 82.1 Å². The van der Waals surface area contributed by atoms with Crippen molar-refractivity contribution in [3.8, 4) is 0 Å². The standard InChI is InChI=1S/C22H38N4O2S/c1-24(15-20-9-6-12-25(20)2)16-21-13-23-22(29(27,28)17-19-10-11-19)26(21)14-18-7-4-3-5-8-18/h13,18-20H,3-12,14-17H2,1-2H3/t20-/m1/s1. The van der Waals surface area contributed by atoms with Gasteiger partial charge >= 0.3 is 0 Å². The van der Waals surface area contributed by atoms with Gasteiger partial charge in [0.05, 0.1) is 17.6 Å². The molecule has 1 aliphatic heterocycles. The molecule has 7 heteroatoms. The summed E-state index contributed by atoms with van der Waals surface area (Å²) < 4.78 is 28.2. The average molecular weight is 423 g/mol. The summed E-state index contributed by atoms with van der Waals surface area (Å²) in [5.41, 5.74) is 1.06. The number of likely N-dealkylation sites (N-methyl/N-ethyl adjacent to an activating group) is 2. The predicted molar refractivity (Wildman–Crippen MR) is 116 cm³/mol. The van der Waals surface area contributed by atoms with E-state index in [1.54, 1.807) is 0 Å². The van der Waals surface area contributed by atoms with E-state index < -0.39 is 9.84 Å². The molecule has 0 unspecified atom stereocenters. The van der Waals surface area contributed by atoms with Crippen molar-refractivity contribution >= 4 is 9.84 Å². The summed E-state index contributed by atoms with van der Waals surface area (Å²) in [6.07, 6.45) is 12.7. The third-order valence-corrected chi connectivity index (χ3v) is 8.92. The highest BCUT2D eigenvalue weighted by molar-refractivity contribution is 7.91. The molecule has 0 spiro atoms. The van der Waals surface area contributed by atoms with E-state index in [-0.39, 0.29) is 5.75 Å². The van der Waals surface area contributed by atoms with Gasteiger partial charge in [0.15, 0.2) is 0 Å². The monoisotopic (exact) mass is 422 g/mol. The molecule has 2 heterocycles. The number of imidazole rings is 1. The molecule has 0 aromatic carbocycles. The van der Waals surface area contributed by atoms with Crippen LogP contribution in [0.15, 0.2) is 11.4 Å². The highest BCUT2D eigenvalue weighted by Crippen LogP contribution is 2.33. The molecule has 0 amide bonds. The minimum absolute atomic E-state index is 0.275. The third kappa shape index (κ3) is 5.42. The number of hydrogen-bond acceptors (Lipinski definition) is 5. The van der Waals surface area contributed by atoms with E-state index in [0.29, 0.717) is 23.0 Å². The van der Waals surface area contributed by atoms with Crippen LogP contribution in [0.2, 0.25) is 0 Å².